The normalized spacial score (nSPS) is 19.7. The number of nitrogens with zero attached hydrogens (tertiary/aromatic N) is 3. The molecule has 0 N–H and O–H groups in total. The number of benzene rings is 3. The second-order valence-electron chi connectivity index (χ2n) is 7.46. The lowest BCUT2D eigenvalue weighted by Gasteiger charge is -2.23. The van der Waals surface area contributed by atoms with Crippen LogP contribution < -0.4 is 4.57 Å². The van der Waals surface area contributed by atoms with Gasteiger partial charge in [-0.15, -0.1) is 0 Å². The number of hydrogen-bond donors (Lipinski definition) is 0. The van der Waals surface area contributed by atoms with Gasteiger partial charge in [-0.3, -0.25) is 0 Å². The fourth-order valence-electron chi connectivity index (χ4n) is 4.57. The van der Waals surface area contributed by atoms with Crippen molar-refractivity contribution in [2.45, 2.75) is 25.2 Å². The van der Waals surface area contributed by atoms with Crippen molar-refractivity contribution in [1.82, 2.24) is 9.78 Å². The van der Waals surface area contributed by atoms with Crippen LogP contribution in [0.15, 0.2) is 85.2 Å². The molecule has 136 valence electrons. The van der Waals surface area contributed by atoms with Gasteiger partial charge in [-0.1, -0.05) is 77.5 Å². The molecule has 6 rings (SSSR count). The molecule has 2 heterocycles. The molecule has 0 amide bonds. The van der Waals surface area contributed by atoms with E-state index in [1.165, 1.54) is 22.3 Å². The summed E-state index contributed by atoms with van der Waals surface area (Å²) in [5.41, 5.74) is 6.19. The first-order chi connectivity index (χ1) is 13.9. The van der Waals surface area contributed by atoms with E-state index in [1.54, 1.807) is 0 Å². The van der Waals surface area contributed by atoms with Crippen LogP contribution in [0.25, 0.3) is 16.8 Å². The molecule has 0 radical (unpaired) electrons. The molecule has 4 heteroatoms. The molecule has 4 nitrogen and oxygen atoms in total. The summed E-state index contributed by atoms with van der Waals surface area (Å²) in [4.78, 5) is 0. The Kier molecular flexibility index (Phi) is 3.46. The van der Waals surface area contributed by atoms with Crippen molar-refractivity contribution in [1.29, 1.82) is 0 Å². The molecule has 28 heavy (non-hydrogen) atoms. The molecule has 0 spiro atoms. The molecule has 2 atom stereocenters. The van der Waals surface area contributed by atoms with E-state index in [2.05, 4.69) is 83.7 Å². The first-order valence-corrected chi connectivity index (χ1v) is 9.72. The summed E-state index contributed by atoms with van der Waals surface area (Å²) >= 11 is 0. The first-order valence-electron chi connectivity index (χ1n) is 9.72. The van der Waals surface area contributed by atoms with Gasteiger partial charge in [-0.25, -0.2) is 4.57 Å². The predicted molar refractivity (Wildman–Crippen MR) is 106 cm³/mol. The maximum absolute atomic E-state index is 6.18. The van der Waals surface area contributed by atoms with Crippen LogP contribution in [-0.4, -0.2) is 15.9 Å². The van der Waals surface area contributed by atoms with E-state index >= 15 is 0 Å². The third-order valence-electron chi connectivity index (χ3n) is 5.86. The summed E-state index contributed by atoms with van der Waals surface area (Å²) < 4.78 is 10.5. The van der Waals surface area contributed by atoms with Gasteiger partial charge >= 0.3 is 5.82 Å². The SMILES string of the molecule is c1ccc(-c2ccccc2-n2c[n+]3c(n2)CO[C@@H]2Cc4ccccc4[C@@H]23)cc1. The summed E-state index contributed by atoms with van der Waals surface area (Å²) in [6.45, 7) is 0.551. The average molecular weight is 366 g/mol. The molecule has 1 aliphatic carbocycles. The van der Waals surface area contributed by atoms with E-state index in [0.29, 0.717) is 6.61 Å². The summed E-state index contributed by atoms with van der Waals surface area (Å²) in [5.74, 6) is 0.973. The van der Waals surface area contributed by atoms with Crippen LogP contribution >= 0.6 is 0 Å². The monoisotopic (exact) mass is 366 g/mol. The summed E-state index contributed by atoms with van der Waals surface area (Å²) in [7, 11) is 0. The molecule has 0 saturated heterocycles. The minimum Gasteiger partial charge on any atom is -0.363 e. The maximum atomic E-state index is 6.18. The van der Waals surface area contributed by atoms with Gasteiger partial charge in [0.1, 0.15) is 24.4 Å². The number of hydrogen-bond acceptors (Lipinski definition) is 2. The molecule has 4 aromatic rings. The van der Waals surface area contributed by atoms with Crippen LogP contribution in [0.5, 0.6) is 0 Å². The Morgan fingerprint density at radius 1 is 0.893 bits per heavy atom. The minimum absolute atomic E-state index is 0.192. The third kappa shape index (κ3) is 2.35. The number of ether oxygens (including phenoxy) is 1. The Labute approximate surface area is 163 Å². The zero-order chi connectivity index (χ0) is 18.5. The smallest absolute Gasteiger partial charge is 0.304 e. The van der Waals surface area contributed by atoms with E-state index in [-0.39, 0.29) is 12.1 Å². The molecule has 1 aliphatic heterocycles. The number of aromatic nitrogens is 3. The molecular formula is C24H20N3O+. The lowest BCUT2D eigenvalue weighted by atomic mass is 10.0. The zero-order valence-electron chi connectivity index (χ0n) is 15.4. The highest BCUT2D eigenvalue weighted by Crippen LogP contribution is 2.36. The van der Waals surface area contributed by atoms with Gasteiger partial charge in [0.05, 0.1) is 0 Å². The van der Waals surface area contributed by atoms with E-state index in [0.717, 1.165) is 17.9 Å². The fourth-order valence-corrected chi connectivity index (χ4v) is 4.57. The van der Waals surface area contributed by atoms with Crippen molar-refractivity contribution in [2.24, 2.45) is 0 Å². The number of rotatable bonds is 2. The van der Waals surface area contributed by atoms with Crippen molar-refractivity contribution in [3.05, 3.63) is 102 Å². The van der Waals surface area contributed by atoms with E-state index in [1.807, 2.05) is 10.7 Å². The Hall–Kier alpha value is -3.24. The highest BCUT2D eigenvalue weighted by Gasteiger charge is 2.43. The molecule has 0 fully saturated rings. The maximum Gasteiger partial charge on any atom is 0.304 e. The molecule has 1 aromatic heterocycles. The van der Waals surface area contributed by atoms with Gasteiger partial charge < -0.3 is 4.74 Å². The fraction of sp³-hybridized carbons (Fsp3) is 0.167. The van der Waals surface area contributed by atoms with Gasteiger partial charge in [-0.05, 0) is 22.8 Å². The minimum atomic E-state index is 0.192. The van der Waals surface area contributed by atoms with Crippen LogP contribution in [0.2, 0.25) is 0 Å². The van der Waals surface area contributed by atoms with E-state index in [9.17, 15) is 0 Å². The van der Waals surface area contributed by atoms with Gasteiger partial charge in [0.25, 0.3) is 0 Å². The molecule has 0 bridgehead atoms. The topological polar surface area (TPSA) is 30.9 Å². The highest BCUT2D eigenvalue weighted by molar-refractivity contribution is 5.72. The van der Waals surface area contributed by atoms with Crippen LogP contribution in [0.3, 0.4) is 0 Å². The number of para-hydroxylation sites is 1. The molecule has 3 aromatic carbocycles. The molecule has 0 unspecified atom stereocenters. The lowest BCUT2D eigenvalue weighted by molar-refractivity contribution is -0.739. The largest absolute Gasteiger partial charge is 0.363 e. The van der Waals surface area contributed by atoms with Crippen molar-refractivity contribution in [3.8, 4) is 16.8 Å². The summed E-state index contributed by atoms with van der Waals surface area (Å²) in [6, 6.07) is 27.8. The molecule has 2 aliphatic rings. The third-order valence-corrected chi connectivity index (χ3v) is 5.86. The van der Waals surface area contributed by atoms with Gasteiger partial charge in [0.2, 0.25) is 6.33 Å². The first kappa shape index (κ1) is 15.8. The van der Waals surface area contributed by atoms with Crippen molar-refractivity contribution in [3.63, 3.8) is 0 Å². The van der Waals surface area contributed by atoms with Crippen molar-refractivity contribution < 1.29 is 9.30 Å². The van der Waals surface area contributed by atoms with Gasteiger partial charge in [-0.2, -0.15) is 0 Å². The summed E-state index contributed by atoms with van der Waals surface area (Å²) in [6.07, 6.45) is 3.30. The van der Waals surface area contributed by atoms with Gasteiger partial charge in [0, 0.05) is 17.1 Å². The zero-order valence-corrected chi connectivity index (χ0v) is 15.4. The predicted octanol–water partition coefficient (Wildman–Crippen LogP) is 3.87. The lowest BCUT2D eigenvalue weighted by Crippen LogP contribution is -2.51. The Bertz CT molecular complexity index is 1170. The van der Waals surface area contributed by atoms with Crippen LogP contribution in [-0.2, 0) is 17.8 Å². The highest BCUT2D eigenvalue weighted by atomic mass is 16.5. The van der Waals surface area contributed by atoms with E-state index in [4.69, 9.17) is 9.84 Å². The van der Waals surface area contributed by atoms with Crippen molar-refractivity contribution in [2.75, 3.05) is 0 Å². The van der Waals surface area contributed by atoms with E-state index < -0.39 is 0 Å². The quantitative estimate of drug-likeness (QED) is 0.504. The Balaban J connectivity index is 1.48. The average Bonchev–Trinajstić information content (AvgIpc) is 3.35. The van der Waals surface area contributed by atoms with Crippen molar-refractivity contribution >= 4 is 0 Å². The second kappa shape index (κ2) is 6.14. The molecular weight excluding hydrogens is 346 g/mol. The second-order valence-corrected chi connectivity index (χ2v) is 7.46. The van der Waals surface area contributed by atoms with Crippen LogP contribution in [0.1, 0.15) is 23.0 Å². The van der Waals surface area contributed by atoms with Crippen LogP contribution in [0, 0.1) is 0 Å². The van der Waals surface area contributed by atoms with Gasteiger partial charge in [0.15, 0.2) is 0 Å². The summed E-state index contributed by atoms with van der Waals surface area (Å²) in [5, 5.41) is 4.90. The standard InChI is InChI=1S/C24H20N3O/c1-2-8-17(9-3-1)19-11-6-7-13-21(19)27-16-26-23(25-27)15-28-22-14-18-10-4-5-12-20(18)24(22)26/h1-13,16,22,24H,14-15H2/q+1/t22-,24+/m1/s1. The van der Waals surface area contributed by atoms with Crippen LogP contribution in [0.4, 0.5) is 0 Å². The molecule has 0 saturated carbocycles. The Morgan fingerprint density at radius 3 is 2.61 bits per heavy atom. The Morgan fingerprint density at radius 2 is 1.68 bits per heavy atom. The number of fused-ring (bicyclic) bond motifs is 5.